The predicted molar refractivity (Wildman–Crippen MR) is 89.0 cm³/mol. The van der Waals surface area contributed by atoms with Gasteiger partial charge in [0, 0.05) is 17.1 Å². The molecule has 0 unspecified atom stereocenters. The number of amides is 1. The van der Waals surface area contributed by atoms with Crippen molar-refractivity contribution < 1.29 is 4.79 Å². The van der Waals surface area contributed by atoms with Crippen molar-refractivity contribution in [1.29, 1.82) is 0 Å². The van der Waals surface area contributed by atoms with Gasteiger partial charge in [0.1, 0.15) is 0 Å². The number of carbonyl (C=O) groups excluding carboxylic acids is 1. The van der Waals surface area contributed by atoms with Crippen LogP contribution in [0.25, 0.3) is 0 Å². The third kappa shape index (κ3) is 4.61. The Kier molecular flexibility index (Phi) is 5.40. The quantitative estimate of drug-likeness (QED) is 0.846. The van der Waals surface area contributed by atoms with Crippen LogP contribution in [0, 0.1) is 6.92 Å². The summed E-state index contributed by atoms with van der Waals surface area (Å²) in [6, 6.07) is 14.0. The smallest absolute Gasteiger partial charge is 0.224 e. The van der Waals surface area contributed by atoms with E-state index in [4.69, 9.17) is 11.6 Å². The second-order valence-electron chi connectivity index (χ2n) is 5.18. The molecule has 3 heteroatoms. The van der Waals surface area contributed by atoms with Crippen LogP contribution < -0.4 is 5.32 Å². The van der Waals surface area contributed by atoms with Crippen molar-refractivity contribution in [2.75, 3.05) is 5.32 Å². The van der Waals surface area contributed by atoms with E-state index in [1.54, 1.807) is 6.07 Å². The fraction of sp³-hybridized carbons (Fsp3) is 0.278. The molecule has 2 aromatic carbocycles. The molecule has 0 heterocycles. The first-order chi connectivity index (χ1) is 10.1. The Hall–Kier alpha value is -1.80. The second kappa shape index (κ2) is 7.28. The molecule has 0 saturated carbocycles. The van der Waals surface area contributed by atoms with Gasteiger partial charge in [0.2, 0.25) is 5.91 Å². The van der Waals surface area contributed by atoms with Crippen LogP contribution in [0.4, 0.5) is 5.69 Å². The van der Waals surface area contributed by atoms with Crippen molar-refractivity contribution in [2.24, 2.45) is 0 Å². The van der Waals surface area contributed by atoms with Crippen LogP contribution in [0.1, 0.15) is 30.0 Å². The summed E-state index contributed by atoms with van der Waals surface area (Å²) in [5, 5.41) is 3.55. The molecule has 0 bridgehead atoms. The number of rotatable bonds is 5. The van der Waals surface area contributed by atoms with Crippen LogP contribution >= 0.6 is 11.6 Å². The third-order valence-corrected chi connectivity index (χ3v) is 3.93. The molecule has 2 rings (SSSR count). The number of carbonyl (C=O) groups is 1. The standard InChI is InChI=1S/C18H20ClNO/c1-3-14-5-7-15(8-6-14)9-11-18(21)20-16-10-4-13(2)17(19)12-16/h4-8,10,12H,3,9,11H2,1-2H3,(H,20,21). The number of anilines is 1. The van der Waals surface area contributed by atoms with Crippen LogP contribution in [0.15, 0.2) is 42.5 Å². The predicted octanol–water partition coefficient (Wildman–Crippen LogP) is 4.78. The molecule has 0 aromatic heterocycles. The van der Waals surface area contributed by atoms with E-state index >= 15 is 0 Å². The highest BCUT2D eigenvalue weighted by atomic mass is 35.5. The molecule has 0 saturated heterocycles. The van der Waals surface area contributed by atoms with Crippen molar-refractivity contribution in [3.8, 4) is 0 Å². The van der Waals surface area contributed by atoms with Gasteiger partial charge in [0.25, 0.3) is 0 Å². The molecule has 0 radical (unpaired) electrons. The zero-order valence-corrected chi connectivity index (χ0v) is 13.2. The maximum Gasteiger partial charge on any atom is 0.224 e. The Labute approximate surface area is 131 Å². The van der Waals surface area contributed by atoms with Gasteiger partial charge in [0.05, 0.1) is 0 Å². The SMILES string of the molecule is CCc1ccc(CCC(=O)Nc2ccc(C)c(Cl)c2)cc1. The van der Waals surface area contributed by atoms with Crippen LogP contribution in [0.3, 0.4) is 0 Å². The minimum Gasteiger partial charge on any atom is -0.326 e. The summed E-state index contributed by atoms with van der Waals surface area (Å²) in [6.45, 7) is 4.07. The summed E-state index contributed by atoms with van der Waals surface area (Å²) < 4.78 is 0. The van der Waals surface area contributed by atoms with Gasteiger partial charge in [-0.3, -0.25) is 4.79 Å². The first-order valence-electron chi connectivity index (χ1n) is 7.22. The van der Waals surface area contributed by atoms with Gasteiger partial charge in [-0.25, -0.2) is 0 Å². The second-order valence-corrected chi connectivity index (χ2v) is 5.59. The minimum atomic E-state index is 0.00878. The van der Waals surface area contributed by atoms with Crippen LogP contribution in [-0.4, -0.2) is 5.91 Å². The van der Waals surface area contributed by atoms with Crippen molar-refractivity contribution in [3.05, 3.63) is 64.2 Å². The lowest BCUT2D eigenvalue weighted by atomic mass is 10.1. The highest BCUT2D eigenvalue weighted by Crippen LogP contribution is 2.20. The third-order valence-electron chi connectivity index (χ3n) is 3.53. The Balaban J connectivity index is 1.87. The molecule has 0 aliphatic carbocycles. The van der Waals surface area contributed by atoms with Gasteiger partial charge in [0.15, 0.2) is 0 Å². The maximum absolute atomic E-state index is 12.0. The van der Waals surface area contributed by atoms with Crippen LogP contribution in [0.2, 0.25) is 5.02 Å². The van der Waals surface area contributed by atoms with Gasteiger partial charge in [-0.05, 0) is 48.6 Å². The number of hydrogen-bond donors (Lipinski definition) is 1. The fourth-order valence-corrected chi connectivity index (χ4v) is 2.27. The van der Waals surface area contributed by atoms with E-state index in [1.807, 2.05) is 19.1 Å². The van der Waals surface area contributed by atoms with Crippen molar-refractivity contribution in [1.82, 2.24) is 0 Å². The maximum atomic E-state index is 12.0. The Morgan fingerprint density at radius 1 is 1.10 bits per heavy atom. The molecular formula is C18H20ClNO. The lowest BCUT2D eigenvalue weighted by molar-refractivity contribution is -0.116. The van der Waals surface area contributed by atoms with Gasteiger partial charge in [-0.15, -0.1) is 0 Å². The molecule has 1 amide bonds. The first-order valence-corrected chi connectivity index (χ1v) is 7.60. The van der Waals surface area contributed by atoms with Crippen molar-refractivity contribution in [2.45, 2.75) is 33.1 Å². The van der Waals surface area contributed by atoms with E-state index in [0.717, 1.165) is 24.1 Å². The number of halogens is 1. The zero-order chi connectivity index (χ0) is 15.2. The number of hydrogen-bond acceptors (Lipinski definition) is 1. The summed E-state index contributed by atoms with van der Waals surface area (Å²) in [6.07, 6.45) is 2.25. The van der Waals surface area contributed by atoms with E-state index in [1.165, 1.54) is 11.1 Å². The van der Waals surface area contributed by atoms with Gasteiger partial charge >= 0.3 is 0 Å². The van der Waals surface area contributed by atoms with Crippen molar-refractivity contribution in [3.63, 3.8) is 0 Å². The molecule has 21 heavy (non-hydrogen) atoms. The lowest BCUT2D eigenvalue weighted by Gasteiger charge is -2.07. The Morgan fingerprint density at radius 2 is 1.76 bits per heavy atom. The molecule has 2 nitrogen and oxygen atoms in total. The van der Waals surface area contributed by atoms with E-state index in [-0.39, 0.29) is 5.91 Å². The molecule has 1 N–H and O–H groups in total. The summed E-state index contributed by atoms with van der Waals surface area (Å²) in [5.74, 6) is 0.00878. The fourth-order valence-electron chi connectivity index (χ4n) is 2.09. The summed E-state index contributed by atoms with van der Waals surface area (Å²) in [7, 11) is 0. The summed E-state index contributed by atoms with van der Waals surface area (Å²) >= 11 is 6.05. The van der Waals surface area contributed by atoms with E-state index in [9.17, 15) is 4.79 Å². The number of benzene rings is 2. The molecule has 0 fully saturated rings. The van der Waals surface area contributed by atoms with Crippen LogP contribution in [-0.2, 0) is 17.6 Å². The zero-order valence-electron chi connectivity index (χ0n) is 12.4. The van der Waals surface area contributed by atoms with E-state index in [0.29, 0.717) is 11.4 Å². The van der Waals surface area contributed by atoms with Gasteiger partial charge in [-0.2, -0.15) is 0 Å². The minimum absolute atomic E-state index is 0.00878. The lowest BCUT2D eigenvalue weighted by Crippen LogP contribution is -2.12. The topological polar surface area (TPSA) is 29.1 Å². The molecule has 2 aromatic rings. The van der Waals surface area contributed by atoms with Gasteiger partial charge in [-0.1, -0.05) is 48.9 Å². The largest absolute Gasteiger partial charge is 0.326 e. The normalized spacial score (nSPS) is 10.4. The highest BCUT2D eigenvalue weighted by molar-refractivity contribution is 6.31. The monoisotopic (exact) mass is 301 g/mol. The van der Waals surface area contributed by atoms with E-state index in [2.05, 4.69) is 36.5 Å². The summed E-state index contributed by atoms with van der Waals surface area (Å²) in [5.41, 5.74) is 4.25. The molecule has 0 atom stereocenters. The average Bonchev–Trinajstić information content (AvgIpc) is 2.49. The van der Waals surface area contributed by atoms with Crippen molar-refractivity contribution >= 4 is 23.2 Å². The molecule has 0 aliphatic rings. The van der Waals surface area contributed by atoms with Crippen LogP contribution in [0.5, 0.6) is 0 Å². The average molecular weight is 302 g/mol. The first kappa shape index (κ1) is 15.6. The number of nitrogens with one attached hydrogen (secondary N) is 1. The molecule has 0 spiro atoms. The Bertz CT molecular complexity index is 620. The number of aryl methyl sites for hydroxylation is 3. The molecule has 110 valence electrons. The molecular weight excluding hydrogens is 282 g/mol. The summed E-state index contributed by atoms with van der Waals surface area (Å²) in [4.78, 5) is 12.0. The van der Waals surface area contributed by atoms with Gasteiger partial charge < -0.3 is 5.32 Å². The Morgan fingerprint density at radius 3 is 2.38 bits per heavy atom. The van der Waals surface area contributed by atoms with E-state index < -0.39 is 0 Å². The molecule has 0 aliphatic heterocycles. The highest BCUT2D eigenvalue weighted by Gasteiger charge is 2.05.